The third kappa shape index (κ3) is 2.32. The Bertz CT molecular complexity index is 1070. The molecule has 0 fully saturated rings. The quantitative estimate of drug-likeness (QED) is 0.700. The first-order valence-electron chi connectivity index (χ1n) is 10.4. The van der Waals surface area contributed by atoms with Crippen molar-refractivity contribution in [2.75, 3.05) is 11.4 Å². The Balaban J connectivity index is 1.62. The maximum Gasteiger partial charge on any atom is 0.335 e. The van der Waals surface area contributed by atoms with Gasteiger partial charge in [-0.05, 0) is 54.0 Å². The summed E-state index contributed by atoms with van der Waals surface area (Å²) in [6.07, 6.45) is 10.7. The second-order valence-electron chi connectivity index (χ2n) is 8.73. The Morgan fingerprint density at radius 1 is 1.00 bits per heavy atom. The lowest BCUT2D eigenvalue weighted by atomic mass is 9.70. The Kier molecular flexibility index (Phi) is 3.55. The molecule has 4 heteroatoms. The lowest BCUT2D eigenvalue weighted by molar-refractivity contribution is 0.0696. The predicted molar refractivity (Wildman–Crippen MR) is 110 cm³/mol. The molecule has 0 spiro atoms. The van der Waals surface area contributed by atoms with Crippen LogP contribution in [-0.4, -0.2) is 17.6 Å². The van der Waals surface area contributed by atoms with Crippen LogP contribution in [0.5, 0.6) is 0 Å². The van der Waals surface area contributed by atoms with Gasteiger partial charge in [-0.2, -0.15) is 0 Å². The topological polar surface area (TPSA) is 40.5 Å². The van der Waals surface area contributed by atoms with E-state index in [1.807, 2.05) is 24.3 Å². The Morgan fingerprint density at radius 3 is 2.52 bits per heavy atom. The van der Waals surface area contributed by atoms with E-state index in [4.69, 9.17) is 0 Å². The molecule has 1 N–H and O–H groups in total. The van der Waals surface area contributed by atoms with Crippen LogP contribution < -0.4 is 4.90 Å². The van der Waals surface area contributed by atoms with Gasteiger partial charge in [0, 0.05) is 29.6 Å². The van der Waals surface area contributed by atoms with E-state index in [0.29, 0.717) is 11.5 Å². The van der Waals surface area contributed by atoms with Crippen molar-refractivity contribution in [2.24, 2.45) is 11.8 Å². The molecular weight excluding hydrogens is 365 g/mol. The SMILES string of the molecule is O=C(O)c1cc2c3c(c1)[C@@H]1C=CC[C@@H]1[C@H](c1ccccc1F)N3C[C@@H]1CC=C[C@H]21. The number of rotatable bonds is 2. The maximum atomic E-state index is 14.9. The van der Waals surface area contributed by atoms with Crippen molar-refractivity contribution in [2.45, 2.75) is 30.7 Å². The first kappa shape index (κ1) is 17.0. The van der Waals surface area contributed by atoms with Crippen molar-refractivity contribution in [3.8, 4) is 0 Å². The minimum absolute atomic E-state index is 0.0281. The molecule has 2 aliphatic heterocycles. The third-order valence-corrected chi connectivity index (χ3v) is 7.32. The van der Waals surface area contributed by atoms with Crippen LogP contribution in [0.3, 0.4) is 0 Å². The highest BCUT2D eigenvalue weighted by Gasteiger charge is 2.48. The van der Waals surface area contributed by atoms with E-state index >= 15 is 0 Å². The van der Waals surface area contributed by atoms with Gasteiger partial charge in [-0.15, -0.1) is 0 Å². The number of halogens is 1. The van der Waals surface area contributed by atoms with E-state index in [1.54, 1.807) is 12.1 Å². The third-order valence-electron chi connectivity index (χ3n) is 7.32. The van der Waals surface area contributed by atoms with Gasteiger partial charge >= 0.3 is 5.97 Å². The van der Waals surface area contributed by atoms with E-state index in [1.165, 1.54) is 0 Å². The van der Waals surface area contributed by atoms with Gasteiger partial charge in [0.15, 0.2) is 0 Å². The maximum absolute atomic E-state index is 14.9. The standard InChI is InChI=1S/C25H22FNO2/c26-22-10-2-1-6-19(22)23-18-9-4-8-17(18)21-12-15(25(28)29)11-20-16-7-3-5-14(16)13-27(23)24(20)21/h1-4,6-8,10-12,14,16-18,23H,5,9,13H2,(H,28,29)/t14-,16-,17+,18-,23+/m0/s1. The van der Waals surface area contributed by atoms with Gasteiger partial charge in [0.25, 0.3) is 0 Å². The summed E-state index contributed by atoms with van der Waals surface area (Å²) in [7, 11) is 0. The first-order chi connectivity index (χ1) is 14.1. The number of hydrogen-bond acceptors (Lipinski definition) is 2. The molecule has 5 atom stereocenters. The Morgan fingerprint density at radius 2 is 1.72 bits per heavy atom. The number of fused-ring (bicyclic) bond motifs is 4. The molecule has 2 aromatic carbocycles. The van der Waals surface area contributed by atoms with Crippen LogP contribution >= 0.6 is 0 Å². The predicted octanol–water partition coefficient (Wildman–Crippen LogP) is 5.42. The second kappa shape index (κ2) is 6.06. The summed E-state index contributed by atoms with van der Waals surface area (Å²) in [4.78, 5) is 14.3. The summed E-state index contributed by atoms with van der Waals surface area (Å²) in [6.45, 7) is 0.881. The fourth-order valence-corrected chi connectivity index (χ4v) is 6.17. The number of hydrogen-bond donors (Lipinski definition) is 1. The van der Waals surface area contributed by atoms with Gasteiger partial charge < -0.3 is 10.0 Å². The lowest BCUT2D eigenvalue weighted by Gasteiger charge is -2.51. The molecule has 0 radical (unpaired) electrons. The number of benzene rings is 2. The van der Waals surface area contributed by atoms with Gasteiger partial charge in [-0.25, -0.2) is 9.18 Å². The van der Waals surface area contributed by atoms with Crippen molar-refractivity contribution in [3.05, 3.63) is 88.8 Å². The molecule has 146 valence electrons. The van der Waals surface area contributed by atoms with Crippen LogP contribution in [0, 0.1) is 17.7 Å². The summed E-state index contributed by atoms with van der Waals surface area (Å²) >= 11 is 0. The molecule has 2 aromatic rings. The largest absolute Gasteiger partial charge is 0.478 e. The van der Waals surface area contributed by atoms with Gasteiger partial charge in [0.2, 0.25) is 0 Å². The van der Waals surface area contributed by atoms with E-state index in [9.17, 15) is 14.3 Å². The summed E-state index contributed by atoms with van der Waals surface area (Å²) < 4.78 is 14.9. The molecule has 29 heavy (non-hydrogen) atoms. The number of allylic oxidation sites excluding steroid dienone is 4. The highest BCUT2D eigenvalue weighted by Crippen LogP contribution is 2.59. The molecule has 6 rings (SSSR count). The van der Waals surface area contributed by atoms with Crippen LogP contribution in [0.1, 0.15) is 57.8 Å². The van der Waals surface area contributed by atoms with E-state index in [2.05, 4.69) is 29.2 Å². The molecule has 0 amide bonds. The molecule has 0 aromatic heterocycles. The summed E-state index contributed by atoms with van der Waals surface area (Å²) in [5.74, 6) is -0.00781. The Hall–Kier alpha value is -2.88. The summed E-state index contributed by atoms with van der Waals surface area (Å²) in [5.41, 5.74) is 4.47. The van der Waals surface area contributed by atoms with Crippen LogP contribution in [0.4, 0.5) is 10.1 Å². The number of carbonyl (C=O) groups is 1. The Labute approximate surface area is 169 Å². The molecule has 0 saturated carbocycles. The van der Waals surface area contributed by atoms with Crippen LogP contribution in [-0.2, 0) is 0 Å². The minimum atomic E-state index is -0.880. The van der Waals surface area contributed by atoms with Crippen molar-refractivity contribution in [1.29, 1.82) is 0 Å². The van der Waals surface area contributed by atoms with Gasteiger partial charge in [-0.3, -0.25) is 0 Å². The molecule has 3 nitrogen and oxygen atoms in total. The molecule has 4 aliphatic rings. The van der Waals surface area contributed by atoms with Gasteiger partial charge in [0.1, 0.15) is 5.82 Å². The second-order valence-corrected chi connectivity index (χ2v) is 8.73. The van der Waals surface area contributed by atoms with Crippen molar-refractivity contribution >= 4 is 11.7 Å². The lowest BCUT2D eigenvalue weighted by Crippen LogP contribution is -2.46. The van der Waals surface area contributed by atoms with E-state index in [-0.39, 0.29) is 29.6 Å². The zero-order chi connectivity index (χ0) is 19.7. The fraction of sp³-hybridized carbons (Fsp3) is 0.320. The van der Waals surface area contributed by atoms with Crippen LogP contribution in [0.25, 0.3) is 0 Å². The van der Waals surface area contributed by atoms with E-state index < -0.39 is 5.97 Å². The monoisotopic (exact) mass is 387 g/mol. The molecule has 0 saturated heterocycles. The summed E-state index contributed by atoms with van der Waals surface area (Å²) in [5, 5.41) is 9.74. The molecule has 0 bridgehead atoms. The molecule has 2 heterocycles. The van der Waals surface area contributed by atoms with Gasteiger partial charge in [0.05, 0.1) is 11.6 Å². The first-order valence-corrected chi connectivity index (χ1v) is 10.4. The zero-order valence-corrected chi connectivity index (χ0v) is 16.0. The summed E-state index contributed by atoms with van der Waals surface area (Å²) in [6, 6.07) is 10.8. The number of nitrogens with zero attached hydrogens (tertiary/aromatic N) is 1. The van der Waals surface area contributed by atoms with Crippen molar-refractivity contribution < 1.29 is 14.3 Å². The number of carboxylic acid groups (broad SMARTS) is 1. The molecule has 2 aliphatic carbocycles. The minimum Gasteiger partial charge on any atom is -0.478 e. The normalized spacial score (nSPS) is 30.8. The number of carboxylic acids is 1. The molecular formula is C25H22FNO2. The van der Waals surface area contributed by atoms with Crippen LogP contribution in [0.2, 0.25) is 0 Å². The highest BCUT2D eigenvalue weighted by atomic mass is 19.1. The van der Waals surface area contributed by atoms with E-state index in [0.717, 1.165) is 41.8 Å². The molecule has 0 unspecified atom stereocenters. The number of anilines is 1. The average Bonchev–Trinajstić information content (AvgIpc) is 3.38. The highest BCUT2D eigenvalue weighted by molar-refractivity contribution is 5.90. The smallest absolute Gasteiger partial charge is 0.335 e. The average molecular weight is 387 g/mol. The van der Waals surface area contributed by atoms with Gasteiger partial charge in [-0.1, -0.05) is 42.5 Å². The van der Waals surface area contributed by atoms with Crippen molar-refractivity contribution in [3.63, 3.8) is 0 Å². The van der Waals surface area contributed by atoms with Crippen molar-refractivity contribution in [1.82, 2.24) is 0 Å². The van der Waals surface area contributed by atoms with Crippen LogP contribution in [0.15, 0.2) is 60.7 Å². The fourth-order valence-electron chi connectivity index (χ4n) is 6.17. The zero-order valence-electron chi connectivity index (χ0n) is 16.0. The number of aromatic carboxylic acids is 1.